The number of hydrogen-bond acceptors (Lipinski definition) is 5. The number of ether oxygens (including phenoxy) is 1. The Balaban J connectivity index is 1.53. The summed E-state index contributed by atoms with van der Waals surface area (Å²) in [5, 5.41) is 1.55. The normalized spacial score (nSPS) is 15.8. The molecule has 0 aliphatic carbocycles. The summed E-state index contributed by atoms with van der Waals surface area (Å²) in [4.78, 5) is 48.8. The fourth-order valence-electron chi connectivity index (χ4n) is 2.77. The van der Waals surface area contributed by atoms with Crippen LogP contribution in [0.25, 0.3) is 0 Å². The van der Waals surface area contributed by atoms with Gasteiger partial charge in [-0.05, 0) is 30.3 Å². The number of ketones is 1. The molecule has 2 aromatic carbocycles. The number of halogens is 3. The number of benzene rings is 2. The van der Waals surface area contributed by atoms with Crippen LogP contribution in [0, 0.1) is 5.92 Å². The van der Waals surface area contributed by atoms with Gasteiger partial charge in [0, 0.05) is 22.0 Å². The van der Waals surface area contributed by atoms with Crippen molar-refractivity contribution >= 4 is 62.7 Å². The molecule has 1 saturated heterocycles. The van der Waals surface area contributed by atoms with Crippen molar-refractivity contribution in [3.05, 3.63) is 68.1 Å². The monoisotopic (exact) mass is 512 g/mol. The molecule has 0 spiro atoms. The average molecular weight is 514 g/mol. The lowest BCUT2D eigenvalue weighted by molar-refractivity contribution is -0.147. The second-order valence-corrected chi connectivity index (χ2v) is 8.24. The number of rotatable bonds is 6. The minimum Gasteiger partial charge on any atom is -0.457 e. The Morgan fingerprint density at radius 3 is 2.40 bits per heavy atom. The number of Topliss-reactive ketones (excluding diaryl/α,β-unsaturated/α-hetero) is 1. The molecule has 1 aliphatic rings. The molecular formula is C20H15BrCl2N2O5. The van der Waals surface area contributed by atoms with Crippen LogP contribution in [0.1, 0.15) is 27.1 Å². The Labute approximate surface area is 190 Å². The minimum absolute atomic E-state index is 0.0583. The van der Waals surface area contributed by atoms with Crippen molar-refractivity contribution in [2.45, 2.75) is 6.42 Å². The molecule has 1 atom stereocenters. The molecule has 30 heavy (non-hydrogen) atoms. The van der Waals surface area contributed by atoms with Gasteiger partial charge in [0.2, 0.25) is 5.91 Å². The zero-order chi connectivity index (χ0) is 21.8. The number of carbonyl (C=O) groups is 4. The molecule has 0 radical (unpaired) electrons. The fourth-order valence-corrected chi connectivity index (χ4v) is 3.33. The third kappa shape index (κ3) is 5.38. The van der Waals surface area contributed by atoms with E-state index in [9.17, 15) is 19.2 Å². The van der Waals surface area contributed by atoms with E-state index < -0.39 is 30.3 Å². The van der Waals surface area contributed by atoms with Crippen LogP contribution in [0.5, 0.6) is 0 Å². The minimum atomic E-state index is -0.788. The van der Waals surface area contributed by atoms with Gasteiger partial charge in [-0.25, -0.2) is 0 Å². The highest BCUT2D eigenvalue weighted by molar-refractivity contribution is 9.10. The highest BCUT2D eigenvalue weighted by Crippen LogP contribution is 2.23. The molecule has 1 fully saturated rings. The van der Waals surface area contributed by atoms with Gasteiger partial charge in [0.1, 0.15) is 0 Å². The van der Waals surface area contributed by atoms with Gasteiger partial charge in [0.05, 0.1) is 22.5 Å². The molecule has 1 aliphatic heterocycles. The van der Waals surface area contributed by atoms with Gasteiger partial charge in [-0.3, -0.25) is 29.6 Å². The van der Waals surface area contributed by atoms with Gasteiger partial charge in [-0.15, -0.1) is 0 Å². The van der Waals surface area contributed by atoms with E-state index in [1.54, 1.807) is 24.3 Å². The van der Waals surface area contributed by atoms with Crippen molar-refractivity contribution in [3.8, 4) is 0 Å². The number of amides is 2. The standard InChI is InChI=1S/C20H15BrCl2N2O5/c21-14-4-1-11(2-5-14)17(26)10-30-20(29)13-8-18(27)25(9-13)24-19(28)12-3-6-15(22)16(23)7-12/h1-7,13H,8-10H2,(H,24,28)/t13-/m0/s1. The third-order valence-electron chi connectivity index (χ3n) is 4.39. The van der Waals surface area contributed by atoms with Crippen LogP contribution in [0.2, 0.25) is 10.0 Å². The summed E-state index contributed by atoms with van der Waals surface area (Å²) in [7, 11) is 0. The predicted octanol–water partition coefficient (Wildman–Crippen LogP) is 3.68. The quantitative estimate of drug-likeness (QED) is 0.470. The first-order valence-electron chi connectivity index (χ1n) is 8.76. The lowest BCUT2D eigenvalue weighted by Gasteiger charge is -2.17. The Hall–Kier alpha value is -2.42. The number of carbonyl (C=O) groups excluding carboxylic acids is 4. The van der Waals surface area contributed by atoms with E-state index >= 15 is 0 Å². The predicted molar refractivity (Wildman–Crippen MR) is 113 cm³/mol. The largest absolute Gasteiger partial charge is 0.457 e. The maximum atomic E-state index is 12.3. The van der Waals surface area contributed by atoms with Crippen LogP contribution < -0.4 is 5.43 Å². The molecule has 0 bridgehead atoms. The van der Waals surface area contributed by atoms with E-state index in [1.807, 2.05) is 0 Å². The summed E-state index contributed by atoms with van der Waals surface area (Å²) in [6.45, 7) is -0.488. The second kappa shape index (κ2) is 9.59. The molecule has 2 amide bonds. The first-order chi connectivity index (χ1) is 14.2. The molecule has 2 aromatic rings. The molecule has 0 saturated carbocycles. The van der Waals surface area contributed by atoms with E-state index in [0.29, 0.717) is 10.6 Å². The Bertz CT molecular complexity index is 1010. The van der Waals surface area contributed by atoms with Crippen molar-refractivity contribution in [1.82, 2.24) is 10.4 Å². The van der Waals surface area contributed by atoms with Gasteiger partial charge in [0.15, 0.2) is 12.4 Å². The maximum Gasteiger partial charge on any atom is 0.311 e. The average Bonchev–Trinajstić information content (AvgIpc) is 3.08. The smallest absolute Gasteiger partial charge is 0.311 e. The van der Waals surface area contributed by atoms with E-state index in [1.165, 1.54) is 18.2 Å². The second-order valence-electron chi connectivity index (χ2n) is 6.51. The van der Waals surface area contributed by atoms with Crippen LogP contribution >= 0.6 is 39.1 Å². The first-order valence-corrected chi connectivity index (χ1v) is 10.3. The van der Waals surface area contributed by atoms with Gasteiger partial charge < -0.3 is 4.74 Å². The SMILES string of the molecule is O=C(COC(=O)[C@H]1CC(=O)N(NC(=O)c2ccc(Cl)c(Cl)c2)C1)c1ccc(Br)cc1. The molecule has 0 aromatic heterocycles. The number of hydrogen-bond donors (Lipinski definition) is 1. The summed E-state index contributed by atoms with van der Waals surface area (Å²) in [5.41, 5.74) is 3.05. The lowest BCUT2D eigenvalue weighted by atomic mass is 10.1. The van der Waals surface area contributed by atoms with Crippen LogP contribution in [0.4, 0.5) is 0 Å². The molecule has 0 unspecified atom stereocenters. The molecular weight excluding hydrogens is 499 g/mol. The maximum absolute atomic E-state index is 12.3. The van der Waals surface area contributed by atoms with Crippen molar-refractivity contribution in [3.63, 3.8) is 0 Å². The summed E-state index contributed by atoms with van der Waals surface area (Å²) in [5.74, 6) is -2.83. The molecule has 10 heteroatoms. The molecule has 3 rings (SSSR count). The van der Waals surface area contributed by atoms with E-state index in [-0.39, 0.29) is 29.3 Å². The molecule has 7 nitrogen and oxygen atoms in total. The van der Waals surface area contributed by atoms with Crippen LogP contribution in [0.15, 0.2) is 46.9 Å². The molecule has 156 valence electrons. The van der Waals surface area contributed by atoms with Crippen LogP contribution in [-0.2, 0) is 14.3 Å². The Kier molecular flexibility index (Phi) is 7.12. The van der Waals surface area contributed by atoms with Crippen molar-refractivity contribution < 1.29 is 23.9 Å². The van der Waals surface area contributed by atoms with E-state index in [2.05, 4.69) is 21.4 Å². The zero-order valence-corrected chi connectivity index (χ0v) is 18.5. The highest BCUT2D eigenvalue weighted by Gasteiger charge is 2.36. The number of nitrogens with one attached hydrogen (secondary N) is 1. The number of esters is 1. The Morgan fingerprint density at radius 1 is 1.07 bits per heavy atom. The third-order valence-corrected chi connectivity index (χ3v) is 5.66. The number of hydrazine groups is 1. The summed E-state index contributed by atoms with van der Waals surface area (Å²) < 4.78 is 5.89. The van der Waals surface area contributed by atoms with Gasteiger partial charge in [0.25, 0.3) is 5.91 Å². The lowest BCUT2D eigenvalue weighted by Crippen LogP contribution is -2.43. The first kappa shape index (κ1) is 22.3. The van der Waals surface area contributed by atoms with Crippen LogP contribution in [-0.4, -0.2) is 41.7 Å². The topological polar surface area (TPSA) is 92.8 Å². The summed E-state index contributed by atoms with van der Waals surface area (Å²) >= 11 is 15.0. The van der Waals surface area contributed by atoms with Crippen molar-refractivity contribution in [2.75, 3.05) is 13.2 Å². The highest BCUT2D eigenvalue weighted by atomic mass is 79.9. The molecule has 1 N–H and O–H groups in total. The van der Waals surface area contributed by atoms with Gasteiger partial charge >= 0.3 is 5.97 Å². The summed E-state index contributed by atoms with van der Waals surface area (Å²) in [6, 6.07) is 10.9. The molecule has 1 heterocycles. The van der Waals surface area contributed by atoms with Crippen LogP contribution in [0.3, 0.4) is 0 Å². The van der Waals surface area contributed by atoms with Crippen molar-refractivity contribution in [2.24, 2.45) is 5.92 Å². The fraction of sp³-hybridized carbons (Fsp3) is 0.200. The van der Waals surface area contributed by atoms with Gasteiger partial charge in [-0.2, -0.15) is 0 Å². The van der Waals surface area contributed by atoms with Crippen molar-refractivity contribution in [1.29, 1.82) is 0 Å². The number of nitrogens with zero attached hydrogens (tertiary/aromatic N) is 1. The Morgan fingerprint density at radius 2 is 1.73 bits per heavy atom. The zero-order valence-electron chi connectivity index (χ0n) is 15.4. The van der Waals surface area contributed by atoms with E-state index in [4.69, 9.17) is 27.9 Å². The van der Waals surface area contributed by atoms with Gasteiger partial charge in [-0.1, -0.05) is 51.3 Å². The summed E-state index contributed by atoms with van der Waals surface area (Å²) in [6.07, 6.45) is -0.132. The van der Waals surface area contributed by atoms with E-state index in [0.717, 1.165) is 9.48 Å².